The van der Waals surface area contributed by atoms with Crippen molar-refractivity contribution in [2.45, 2.75) is 59.6 Å². The minimum Gasteiger partial charge on any atom is -0.385 e. The molecular formula is C20H39IN6O2. The maximum atomic E-state index is 6.11. The van der Waals surface area contributed by atoms with Gasteiger partial charge >= 0.3 is 0 Å². The van der Waals surface area contributed by atoms with Gasteiger partial charge in [-0.1, -0.05) is 20.8 Å². The zero-order valence-electron chi connectivity index (χ0n) is 18.8. The van der Waals surface area contributed by atoms with Gasteiger partial charge in [0.15, 0.2) is 11.8 Å². The summed E-state index contributed by atoms with van der Waals surface area (Å²) < 4.78 is 13.2. The smallest absolute Gasteiger partial charge is 0.191 e. The van der Waals surface area contributed by atoms with E-state index >= 15 is 0 Å². The summed E-state index contributed by atoms with van der Waals surface area (Å²) in [5, 5.41) is 15.2. The van der Waals surface area contributed by atoms with Crippen LogP contribution in [-0.2, 0) is 23.1 Å². The second-order valence-electron chi connectivity index (χ2n) is 8.60. The van der Waals surface area contributed by atoms with Crippen LogP contribution in [0.25, 0.3) is 0 Å². The molecule has 1 aromatic heterocycles. The number of hydrogen-bond acceptors (Lipinski definition) is 5. The number of aryl methyl sites for hydroxylation is 1. The molecule has 2 unspecified atom stereocenters. The van der Waals surface area contributed by atoms with E-state index in [1.807, 2.05) is 18.5 Å². The molecule has 8 nitrogen and oxygen atoms in total. The first-order valence-corrected chi connectivity index (χ1v) is 10.3. The lowest BCUT2D eigenvalue weighted by molar-refractivity contribution is -0.0835. The van der Waals surface area contributed by atoms with Gasteiger partial charge in [0.05, 0.1) is 6.10 Å². The van der Waals surface area contributed by atoms with E-state index in [4.69, 9.17) is 14.5 Å². The Labute approximate surface area is 192 Å². The lowest BCUT2D eigenvalue weighted by Crippen LogP contribution is -2.47. The molecule has 0 bridgehead atoms. The quantitative estimate of drug-likeness (QED) is 0.236. The molecule has 9 heteroatoms. The molecule has 0 aromatic carbocycles. The van der Waals surface area contributed by atoms with Crippen LogP contribution in [-0.4, -0.2) is 60.2 Å². The molecule has 0 aliphatic carbocycles. The van der Waals surface area contributed by atoms with E-state index in [9.17, 15) is 0 Å². The molecule has 2 N–H and O–H groups in total. The molecule has 0 amide bonds. The number of methoxy groups -OCH3 is 1. The average Bonchev–Trinajstić information content (AvgIpc) is 2.98. The van der Waals surface area contributed by atoms with Gasteiger partial charge in [-0.05, 0) is 31.6 Å². The molecule has 1 aliphatic rings. The molecule has 1 aliphatic heterocycles. The van der Waals surface area contributed by atoms with Crippen molar-refractivity contribution in [1.82, 2.24) is 25.4 Å². The highest BCUT2D eigenvalue weighted by Crippen LogP contribution is 2.33. The minimum absolute atomic E-state index is 0. The Kier molecular flexibility index (Phi) is 11.4. The van der Waals surface area contributed by atoms with Crippen LogP contribution >= 0.6 is 24.0 Å². The molecular weight excluding hydrogens is 483 g/mol. The summed E-state index contributed by atoms with van der Waals surface area (Å²) in [6, 6.07) is 0. The number of nitrogens with zero attached hydrogens (tertiary/aromatic N) is 4. The van der Waals surface area contributed by atoms with Crippen molar-refractivity contribution in [2.75, 3.05) is 33.4 Å². The minimum atomic E-state index is 0. The number of rotatable bonds is 8. The Morgan fingerprint density at radius 1 is 1.31 bits per heavy atom. The number of ether oxygens (including phenoxy) is 2. The molecule has 1 aromatic rings. The highest BCUT2D eigenvalue weighted by atomic mass is 127. The molecule has 0 spiro atoms. The summed E-state index contributed by atoms with van der Waals surface area (Å²) >= 11 is 0. The first-order valence-electron chi connectivity index (χ1n) is 10.3. The zero-order valence-corrected chi connectivity index (χ0v) is 21.2. The summed E-state index contributed by atoms with van der Waals surface area (Å²) in [5.41, 5.74) is 0.131. The standard InChI is InChI=1S/C20H38N6O2.HI/c1-15-24-25-17(26(15)5)14-23-19(21-10-8-11-27-6)22-13-16-9-7-12-28-18(16)20(2,3)4;/h16,18H,7-14H2,1-6H3,(H2,21,22,23);1H. The van der Waals surface area contributed by atoms with Crippen LogP contribution in [0.4, 0.5) is 0 Å². The molecule has 1 fully saturated rings. The fraction of sp³-hybridized carbons (Fsp3) is 0.850. The zero-order chi connectivity index (χ0) is 20.6. The number of aliphatic imine (C=N–C) groups is 1. The van der Waals surface area contributed by atoms with E-state index in [2.05, 4.69) is 41.6 Å². The molecule has 1 saturated heterocycles. The predicted octanol–water partition coefficient (Wildman–Crippen LogP) is 2.65. The molecule has 2 heterocycles. The van der Waals surface area contributed by atoms with Gasteiger partial charge in [0, 0.05) is 46.4 Å². The van der Waals surface area contributed by atoms with Gasteiger partial charge in [0.1, 0.15) is 12.4 Å². The van der Waals surface area contributed by atoms with Gasteiger partial charge in [-0.15, -0.1) is 34.2 Å². The number of aromatic nitrogens is 3. The SMILES string of the molecule is COCCCNC(=NCc1nnc(C)n1C)NCC1CCCOC1C(C)(C)C.I. The van der Waals surface area contributed by atoms with Crippen LogP contribution in [0.15, 0.2) is 4.99 Å². The van der Waals surface area contributed by atoms with Crippen LogP contribution in [0.1, 0.15) is 51.7 Å². The Morgan fingerprint density at radius 2 is 2.07 bits per heavy atom. The van der Waals surface area contributed by atoms with E-state index in [1.54, 1.807) is 7.11 Å². The Morgan fingerprint density at radius 3 is 2.69 bits per heavy atom. The summed E-state index contributed by atoms with van der Waals surface area (Å²) in [5.74, 6) is 3.01. The van der Waals surface area contributed by atoms with Crippen molar-refractivity contribution in [3.05, 3.63) is 11.6 Å². The second-order valence-corrected chi connectivity index (χ2v) is 8.60. The maximum Gasteiger partial charge on any atom is 0.191 e. The van der Waals surface area contributed by atoms with Gasteiger partial charge in [0.25, 0.3) is 0 Å². The second kappa shape index (κ2) is 12.7. The first kappa shape index (κ1) is 26.1. The number of guanidine groups is 1. The Bertz CT molecular complexity index is 629. The van der Waals surface area contributed by atoms with Crippen LogP contribution in [0, 0.1) is 18.3 Å². The summed E-state index contributed by atoms with van der Waals surface area (Å²) in [7, 11) is 3.69. The van der Waals surface area contributed by atoms with Gasteiger partial charge in [-0.25, -0.2) is 4.99 Å². The van der Waals surface area contributed by atoms with Gasteiger partial charge in [-0.3, -0.25) is 0 Å². The fourth-order valence-electron chi connectivity index (χ4n) is 3.57. The predicted molar refractivity (Wildman–Crippen MR) is 127 cm³/mol. The molecule has 2 atom stereocenters. The summed E-state index contributed by atoms with van der Waals surface area (Å²) in [4.78, 5) is 4.73. The molecule has 2 rings (SSSR count). The summed E-state index contributed by atoms with van der Waals surface area (Å²) in [6.07, 6.45) is 3.47. The van der Waals surface area contributed by atoms with Crippen molar-refractivity contribution >= 4 is 29.9 Å². The van der Waals surface area contributed by atoms with Crippen molar-refractivity contribution < 1.29 is 9.47 Å². The Balaban J connectivity index is 0.00000420. The van der Waals surface area contributed by atoms with E-state index in [0.717, 1.165) is 56.8 Å². The topological polar surface area (TPSA) is 85.6 Å². The van der Waals surface area contributed by atoms with Crippen LogP contribution in [0.5, 0.6) is 0 Å². The van der Waals surface area contributed by atoms with Crippen molar-refractivity contribution in [2.24, 2.45) is 23.4 Å². The third kappa shape index (κ3) is 8.37. The average molecular weight is 522 g/mol. The lowest BCUT2D eigenvalue weighted by Gasteiger charge is -2.40. The largest absolute Gasteiger partial charge is 0.385 e. The number of nitrogens with one attached hydrogen (secondary N) is 2. The molecule has 0 saturated carbocycles. The lowest BCUT2D eigenvalue weighted by atomic mass is 9.78. The normalized spacial score (nSPS) is 20.3. The highest BCUT2D eigenvalue weighted by Gasteiger charge is 2.35. The van der Waals surface area contributed by atoms with Crippen molar-refractivity contribution in [3.8, 4) is 0 Å². The van der Waals surface area contributed by atoms with E-state index in [-0.39, 0.29) is 35.5 Å². The monoisotopic (exact) mass is 522 g/mol. The van der Waals surface area contributed by atoms with Gasteiger partial charge in [0.2, 0.25) is 0 Å². The van der Waals surface area contributed by atoms with Crippen molar-refractivity contribution in [3.63, 3.8) is 0 Å². The third-order valence-electron chi connectivity index (χ3n) is 5.21. The Hall–Kier alpha value is -0.940. The van der Waals surface area contributed by atoms with E-state index < -0.39 is 0 Å². The molecule has 29 heavy (non-hydrogen) atoms. The third-order valence-corrected chi connectivity index (χ3v) is 5.21. The maximum absolute atomic E-state index is 6.11. The number of halogens is 1. The van der Waals surface area contributed by atoms with Crippen molar-refractivity contribution in [1.29, 1.82) is 0 Å². The number of hydrogen-bond donors (Lipinski definition) is 2. The summed E-state index contributed by atoms with van der Waals surface area (Å²) in [6.45, 7) is 12.4. The molecule has 168 valence electrons. The molecule has 0 radical (unpaired) electrons. The van der Waals surface area contributed by atoms with Crippen LogP contribution < -0.4 is 10.6 Å². The fourth-order valence-corrected chi connectivity index (χ4v) is 3.57. The first-order chi connectivity index (χ1) is 13.3. The van der Waals surface area contributed by atoms with Crippen LogP contribution in [0.3, 0.4) is 0 Å². The van der Waals surface area contributed by atoms with Gasteiger partial charge < -0.3 is 24.7 Å². The van der Waals surface area contributed by atoms with Crippen LogP contribution in [0.2, 0.25) is 0 Å². The van der Waals surface area contributed by atoms with Gasteiger partial charge in [-0.2, -0.15) is 0 Å². The van der Waals surface area contributed by atoms with E-state index in [0.29, 0.717) is 12.5 Å². The van der Waals surface area contributed by atoms with E-state index in [1.165, 1.54) is 6.42 Å². The highest BCUT2D eigenvalue weighted by molar-refractivity contribution is 14.0.